The van der Waals surface area contributed by atoms with E-state index in [9.17, 15) is 246 Å². The minimum atomic E-state index is -6.46. The Labute approximate surface area is 793 Å². The normalized spacial score (nSPS) is 13.9. The minimum absolute atomic E-state index is 0.00973. The molecule has 0 N–H and O–H groups in total. The molecule has 0 heterocycles. The standard InChI is InChI=1S/2C17H11F6O5.C13H15F6O5.C12H13F6O5.C11H13F6O5.C10H11F6O5/c2*18-16(19,20)15(26,17(21,22)23)14(25)28-8-7-27-13(24)12-6-5-10-3-1-2-4-11(10)9-12;1-7(2)8(20)23-5-10(3,4)6-24-9(21)11(22,12(14,15)16)13(17,18)19;1-5(2)8(19)22-6(3)7(4)23-9(20)10(21,11(13,14)15)12(16,17)18;1-6(18)21-4-8(2,3)5-22-7(19)9(20,10(12,13)14)11(15,16)17;1-4(20-6(3)17)5(2)21-7(18)8(19,9(11,12)13)10(14,15)16/h2*1-6,9H,7-8H2;1,5-6H2,2-4H3;6-7H,1H2,2-4H3;4-5H2,1-3H3;4-5H,1-3H3/q6*-1. The molecule has 146 heavy (non-hydrogen) atoms. The average molecular weight is 2200 g/mol. The maximum atomic E-state index is 12.4. The molecule has 30 nitrogen and oxygen atoms in total. The van der Waals surface area contributed by atoms with E-state index in [1.54, 1.807) is 60.7 Å². The molecule has 4 aromatic carbocycles. The second kappa shape index (κ2) is 50.4. The van der Waals surface area contributed by atoms with Crippen LogP contribution in [0.2, 0.25) is 0 Å². The number of hydrogen-bond donors (Lipinski definition) is 0. The Morgan fingerprint density at radius 1 is 0.253 bits per heavy atom. The molecule has 66 heteroatoms. The fraction of sp³-hybridized carbons (Fsp3) is 0.550. The van der Waals surface area contributed by atoms with Crippen LogP contribution in [-0.2, 0) is 105 Å². The van der Waals surface area contributed by atoms with Crippen molar-refractivity contribution in [1.82, 2.24) is 0 Å². The quantitative estimate of drug-likeness (QED) is 0.0154. The number of carbonyl (C=O) groups is 12. The van der Waals surface area contributed by atoms with E-state index in [2.05, 4.69) is 70.0 Å². The molecule has 0 aliphatic heterocycles. The maximum absolute atomic E-state index is 12.4. The molecule has 4 unspecified atom stereocenters. The number of fused-ring (bicyclic) bond motifs is 2. The van der Waals surface area contributed by atoms with Gasteiger partial charge in [0, 0.05) is 35.8 Å². The second-order valence-electron chi connectivity index (χ2n) is 30.8. The zero-order valence-corrected chi connectivity index (χ0v) is 75.3. The number of hydrogen-bond acceptors (Lipinski definition) is 30. The maximum Gasteiger partial charge on any atom is 0.399 e. The van der Waals surface area contributed by atoms with Crippen LogP contribution in [0.3, 0.4) is 0 Å². The van der Waals surface area contributed by atoms with Crippen molar-refractivity contribution in [2.75, 3.05) is 52.9 Å². The summed E-state index contributed by atoms with van der Waals surface area (Å²) in [6.45, 7) is 12.9. The van der Waals surface area contributed by atoms with Crippen LogP contribution in [-0.4, -0.2) is 257 Å². The van der Waals surface area contributed by atoms with Crippen LogP contribution in [0.4, 0.5) is 158 Å². The van der Waals surface area contributed by atoms with Crippen LogP contribution < -0.4 is 30.6 Å². The van der Waals surface area contributed by atoms with Gasteiger partial charge in [0.15, 0.2) is 33.6 Å². The van der Waals surface area contributed by atoms with Crippen LogP contribution in [0, 0.1) is 10.8 Å². The van der Waals surface area contributed by atoms with E-state index in [4.69, 9.17) is 0 Å². The summed E-state index contributed by atoms with van der Waals surface area (Å²) >= 11 is 0. The summed E-state index contributed by atoms with van der Waals surface area (Å²) in [5, 5.41) is 69.4. The third-order valence-electron chi connectivity index (χ3n) is 17.3. The van der Waals surface area contributed by atoms with Crippen LogP contribution in [0.5, 0.6) is 0 Å². The third-order valence-corrected chi connectivity index (χ3v) is 17.3. The van der Waals surface area contributed by atoms with Crippen molar-refractivity contribution in [2.24, 2.45) is 10.8 Å². The molecule has 832 valence electrons. The lowest BCUT2D eigenvalue weighted by molar-refractivity contribution is -0.574. The SMILES string of the molecule is C=C(C)C(=O)OC(C)C(C)OC(=O)C([O-])(C(F)(F)F)C(F)(F)F.C=C(C)C(=O)OCC(C)(C)COC(=O)C([O-])(C(F)(F)F)C(F)(F)F.CC(=O)OC(C)C(C)OC(=O)C([O-])(C(F)(F)F)C(F)(F)F.CC(=O)OCC(C)(C)COC(=O)C([O-])(C(F)(F)F)C(F)(F)F.O=C(OCCOC(=O)C([O-])(C(F)(F)F)C(F)(F)F)c1ccc2ccccc2c1.O=C(OCCOC(=O)C([O-])(C(F)(F)F)C(F)(F)F)c1ccc2ccccc2c1. The first-order chi connectivity index (χ1) is 64.9. The van der Waals surface area contributed by atoms with Crippen LogP contribution in [0.15, 0.2) is 109 Å². The summed E-state index contributed by atoms with van der Waals surface area (Å²) in [7, 11) is 0. The van der Waals surface area contributed by atoms with Crippen molar-refractivity contribution in [3.8, 4) is 0 Å². The van der Waals surface area contributed by atoms with Gasteiger partial charge in [-0.3, -0.25) is 38.4 Å². The molecule has 4 atom stereocenters. The second-order valence-corrected chi connectivity index (χ2v) is 30.8. The van der Waals surface area contributed by atoms with E-state index in [0.29, 0.717) is 10.8 Å². The van der Waals surface area contributed by atoms with Crippen LogP contribution in [0.1, 0.15) is 104 Å². The molecule has 0 fully saturated rings. The van der Waals surface area contributed by atoms with Gasteiger partial charge in [-0.25, -0.2) is 19.2 Å². The number of esters is 12. The summed E-state index contributed by atoms with van der Waals surface area (Å²) in [5.41, 5.74) is -38.1. The number of alkyl halides is 36. The molecular formula is C80H74F36O30-6. The molecule has 4 rings (SSSR count). The van der Waals surface area contributed by atoms with Gasteiger partial charge in [-0.2, -0.15) is 158 Å². The zero-order valence-electron chi connectivity index (χ0n) is 75.3. The molecule has 0 amide bonds. The van der Waals surface area contributed by atoms with Crippen molar-refractivity contribution in [1.29, 1.82) is 0 Å². The predicted molar refractivity (Wildman–Crippen MR) is 394 cm³/mol. The Balaban J connectivity index is 0. The number of benzene rings is 4. The zero-order chi connectivity index (χ0) is 116. The molecular weight excluding hydrogens is 2120 g/mol. The van der Waals surface area contributed by atoms with Gasteiger partial charge in [0.1, 0.15) is 50.8 Å². The highest BCUT2D eigenvalue weighted by atomic mass is 19.5. The molecule has 0 aromatic heterocycles. The molecule has 0 radical (unpaired) electrons. The number of ether oxygens (including phenoxy) is 12. The van der Waals surface area contributed by atoms with E-state index >= 15 is 0 Å². The minimum Gasteiger partial charge on any atom is -0.828 e. The van der Waals surface area contributed by atoms with E-state index in [1.807, 2.05) is 0 Å². The Morgan fingerprint density at radius 2 is 0.459 bits per heavy atom. The van der Waals surface area contributed by atoms with Crippen molar-refractivity contribution in [3.63, 3.8) is 0 Å². The summed E-state index contributed by atoms with van der Waals surface area (Å²) in [6, 6.07) is 22.8. The van der Waals surface area contributed by atoms with Gasteiger partial charge in [-0.05, 0) is 87.4 Å². The highest BCUT2D eigenvalue weighted by Gasteiger charge is 2.74. The van der Waals surface area contributed by atoms with Gasteiger partial charge in [-0.1, -0.05) is 102 Å². The highest BCUT2D eigenvalue weighted by Crippen LogP contribution is 2.48. The molecule has 0 saturated heterocycles. The van der Waals surface area contributed by atoms with Gasteiger partial charge < -0.3 is 87.5 Å². The summed E-state index contributed by atoms with van der Waals surface area (Å²) in [4.78, 5) is 134. The number of rotatable bonds is 30. The first kappa shape index (κ1) is 136. The topological polar surface area (TPSA) is 454 Å². The average Bonchev–Trinajstić information content (AvgIpc) is 0.706. The molecule has 0 saturated carbocycles. The lowest BCUT2D eigenvalue weighted by Gasteiger charge is -2.41. The Kier molecular flexibility index (Phi) is 46.9. The van der Waals surface area contributed by atoms with Gasteiger partial charge in [0.25, 0.3) is 0 Å². The van der Waals surface area contributed by atoms with Crippen molar-refractivity contribution < 1.29 is 303 Å². The number of carbonyl (C=O) groups excluding carboxylic acids is 12. The van der Waals surface area contributed by atoms with Gasteiger partial charge in [-0.15, -0.1) is 0 Å². The van der Waals surface area contributed by atoms with Crippen molar-refractivity contribution in [3.05, 3.63) is 120 Å². The molecule has 0 bridgehead atoms. The van der Waals surface area contributed by atoms with E-state index in [0.717, 1.165) is 52.3 Å². The summed E-state index contributed by atoms with van der Waals surface area (Å²) in [5.74, 6) is -23.7. The smallest absolute Gasteiger partial charge is 0.399 e. The summed E-state index contributed by atoms with van der Waals surface area (Å²) < 4.78 is 496. The fourth-order valence-corrected chi connectivity index (χ4v) is 8.80. The predicted octanol–water partition coefficient (Wildman–Crippen LogP) is 11.5. The molecule has 0 aliphatic rings. The first-order valence-electron chi connectivity index (χ1n) is 38.4. The van der Waals surface area contributed by atoms with Gasteiger partial charge in [0.05, 0.1) is 37.6 Å². The first-order valence-corrected chi connectivity index (χ1v) is 38.4. The summed E-state index contributed by atoms with van der Waals surface area (Å²) in [6.07, 6.45) is -83.5. The van der Waals surface area contributed by atoms with Gasteiger partial charge in [0.2, 0.25) is 0 Å². The monoisotopic (exact) mass is 2200 g/mol. The lowest BCUT2D eigenvalue weighted by atomic mass is 9.96. The largest absolute Gasteiger partial charge is 0.828 e. The van der Waals surface area contributed by atoms with E-state index in [-0.39, 0.29) is 22.3 Å². The van der Waals surface area contributed by atoms with Gasteiger partial charge >= 0.3 is 146 Å². The Bertz CT molecular complexity index is 4920. The van der Waals surface area contributed by atoms with Crippen molar-refractivity contribution >= 4 is 93.2 Å². The van der Waals surface area contributed by atoms with E-state index in [1.165, 1.54) is 65.8 Å². The molecule has 0 spiro atoms. The number of halogens is 36. The fourth-order valence-electron chi connectivity index (χ4n) is 8.80. The molecule has 4 aromatic rings. The Hall–Kier alpha value is -12.2. The van der Waals surface area contributed by atoms with Crippen LogP contribution in [0.25, 0.3) is 21.5 Å². The highest BCUT2D eigenvalue weighted by molar-refractivity contribution is 5.97. The lowest BCUT2D eigenvalue weighted by Crippen LogP contribution is -2.72. The Morgan fingerprint density at radius 3 is 0.692 bits per heavy atom. The molecule has 0 aliphatic carbocycles. The third kappa shape index (κ3) is 36.1. The van der Waals surface area contributed by atoms with Crippen molar-refractivity contribution in [2.45, 2.75) is 215 Å². The van der Waals surface area contributed by atoms with E-state index < -0.39 is 267 Å². The van der Waals surface area contributed by atoms with Crippen LogP contribution >= 0.6 is 0 Å².